The number of carbonyl (C=O) groups is 1. The number of sulfone groups is 1. The standard InChI is InChI=1S/C9H18N2O3S/c1-2-15(13,14)6-5-10-7-9(12)11-8-3-4-8/h8,10H,2-7H2,1H3,(H,11,12). The molecule has 0 aromatic rings. The van der Waals surface area contributed by atoms with Gasteiger partial charge < -0.3 is 10.6 Å². The van der Waals surface area contributed by atoms with Crippen LogP contribution in [0, 0.1) is 0 Å². The van der Waals surface area contributed by atoms with Crippen molar-refractivity contribution in [1.82, 2.24) is 10.6 Å². The van der Waals surface area contributed by atoms with Gasteiger partial charge in [0, 0.05) is 18.3 Å². The molecule has 1 aliphatic carbocycles. The summed E-state index contributed by atoms with van der Waals surface area (Å²) in [5, 5.41) is 5.63. The maximum absolute atomic E-state index is 11.2. The van der Waals surface area contributed by atoms with E-state index in [1.807, 2.05) is 0 Å². The van der Waals surface area contributed by atoms with Gasteiger partial charge in [-0.25, -0.2) is 8.42 Å². The molecule has 6 heteroatoms. The fourth-order valence-corrected chi connectivity index (χ4v) is 1.82. The van der Waals surface area contributed by atoms with Crippen molar-refractivity contribution in [3.8, 4) is 0 Å². The highest BCUT2D eigenvalue weighted by Gasteiger charge is 2.22. The Morgan fingerprint density at radius 2 is 2.07 bits per heavy atom. The topological polar surface area (TPSA) is 75.3 Å². The lowest BCUT2D eigenvalue weighted by Crippen LogP contribution is -2.36. The summed E-state index contributed by atoms with van der Waals surface area (Å²) in [5.41, 5.74) is 0. The quantitative estimate of drug-likeness (QED) is 0.571. The lowest BCUT2D eigenvalue weighted by Gasteiger charge is -2.05. The smallest absolute Gasteiger partial charge is 0.234 e. The van der Waals surface area contributed by atoms with Crippen LogP contribution in [-0.2, 0) is 14.6 Å². The predicted octanol–water partition coefficient (Wildman–Crippen LogP) is -0.711. The Balaban J connectivity index is 2.03. The third-order valence-corrected chi connectivity index (χ3v) is 3.96. The van der Waals surface area contributed by atoms with Gasteiger partial charge in [-0.15, -0.1) is 0 Å². The van der Waals surface area contributed by atoms with Gasteiger partial charge in [0.25, 0.3) is 0 Å². The van der Waals surface area contributed by atoms with E-state index in [0.29, 0.717) is 12.6 Å². The summed E-state index contributed by atoms with van der Waals surface area (Å²) >= 11 is 0. The van der Waals surface area contributed by atoms with Crippen LogP contribution >= 0.6 is 0 Å². The molecule has 1 saturated carbocycles. The average molecular weight is 234 g/mol. The van der Waals surface area contributed by atoms with Crippen molar-refractivity contribution in [1.29, 1.82) is 0 Å². The van der Waals surface area contributed by atoms with E-state index in [2.05, 4.69) is 10.6 Å². The molecule has 1 rings (SSSR count). The van der Waals surface area contributed by atoms with E-state index in [0.717, 1.165) is 12.8 Å². The van der Waals surface area contributed by atoms with Crippen molar-refractivity contribution >= 4 is 15.7 Å². The minimum Gasteiger partial charge on any atom is -0.352 e. The van der Waals surface area contributed by atoms with Gasteiger partial charge in [0.05, 0.1) is 12.3 Å². The summed E-state index contributed by atoms with van der Waals surface area (Å²) in [5.74, 6) is 0.204. The van der Waals surface area contributed by atoms with Gasteiger partial charge >= 0.3 is 0 Å². The molecule has 0 radical (unpaired) electrons. The highest BCUT2D eigenvalue weighted by molar-refractivity contribution is 7.91. The van der Waals surface area contributed by atoms with E-state index in [9.17, 15) is 13.2 Å². The van der Waals surface area contributed by atoms with Crippen LogP contribution in [0.1, 0.15) is 19.8 Å². The Bertz CT molecular complexity index is 309. The molecule has 0 spiro atoms. The third kappa shape index (κ3) is 5.74. The number of nitrogens with one attached hydrogen (secondary N) is 2. The Morgan fingerprint density at radius 1 is 1.40 bits per heavy atom. The zero-order valence-corrected chi connectivity index (χ0v) is 9.77. The first-order valence-electron chi connectivity index (χ1n) is 5.24. The average Bonchev–Trinajstić information content (AvgIpc) is 2.96. The van der Waals surface area contributed by atoms with Crippen LogP contribution in [0.5, 0.6) is 0 Å². The molecule has 0 unspecified atom stereocenters. The van der Waals surface area contributed by atoms with Crippen molar-refractivity contribution in [2.45, 2.75) is 25.8 Å². The Morgan fingerprint density at radius 3 is 2.60 bits per heavy atom. The molecule has 0 bridgehead atoms. The number of rotatable bonds is 7. The first-order valence-corrected chi connectivity index (χ1v) is 7.06. The zero-order valence-electron chi connectivity index (χ0n) is 8.95. The summed E-state index contributed by atoms with van der Waals surface area (Å²) in [6, 6.07) is 0.360. The van der Waals surface area contributed by atoms with Crippen LogP contribution in [0.4, 0.5) is 0 Å². The summed E-state index contributed by atoms with van der Waals surface area (Å²) in [4.78, 5) is 11.2. The molecule has 1 fully saturated rings. The predicted molar refractivity (Wildman–Crippen MR) is 58.4 cm³/mol. The summed E-state index contributed by atoms with van der Waals surface area (Å²) in [7, 11) is -2.92. The van der Waals surface area contributed by atoms with Crippen molar-refractivity contribution in [2.75, 3.05) is 24.6 Å². The second-order valence-corrected chi connectivity index (χ2v) is 6.23. The maximum Gasteiger partial charge on any atom is 0.234 e. The highest BCUT2D eigenvalue weighted by atomic mass is 32.2. The van der Waals surface area contributed by atoms with Gasteiger partial charge in [-0.3, -0.25) is 4.79 Å². The number of hydrogen-bond donors (Lipinski definition) is 2. The highest BCUT2D eigenvalue weighted by Crippen LogP contribution is 2.17. The minimum atomic E-state index is -2.92. The van der Waals surface area contributed by atoms with Gasteiger partial charge in [-0.1, -0.05) is 6.92 Å². The number of hydrogen-bond acceptors (Lipinski definition) is 4. The monoisotopic (exact) mass is 234 g/mol. The van der Waals surface area contributed by atoms with Crippen LogP contribution in [-0.4, -0.2) is 45.0 Å². The summed E-state index contributed by atoms with van der Waals surface area (Å²) in [6.07, 6.45) is 2.13. The second kappa shape index (κ2) is 5.46. The largest absolute Gasteiger partial charge is 0.352 e. The maximum atomic E-state index is 11.2. The van der Waals surface area contributed by atoms with Gasteiger partial charge in [0.1, 0.15) is 0 Å². The van der Waals surface area contributed by atoms with Crippen molar-refractivity contribution in [2.24, 2.45) is 0 Å². The lowest BCUT2D eigenvalue weighted by atomic mass is 10.5. The van der Waals surface area contributed by atoms with Crippen molar-refractivity contribution in [3.05, 3.63) is 0 Å². The van der Waals surface area contributed by atoms with Crippen molar-refractivity contribution in [3.63, 3.8) is 0 Å². The molecule has 0 heterocycles. The van der Waals surface area contributed by atoms with Gasteiger partial charge in [0.2, 0.25) is 5.91 Å². The van der Waals surface area contributed by atoms with Gasteiger partial charge in [-0.05, 0) is 12.8 Å². The van der Waals surface area contributed by atoms with Crippen LogP contribution in [0.25, 0.3) is 0 Å². The molecule has 1 aliphatic rings. The van der Waals surface area contributed by atoms with Crippen LogP contribution in [0.3, 0.4) is 0 Å². The Kier molecular flexibility index (Phi) is 4.53. The van der Waals surface area contributed by atoms with E-state index in [1.54, 1.807) is 6.92 Å². The SMILES string of the molecule is CCS(=O)(=O)CCNCC(=O)NC1CC1. The number of amides is 1. The van der Waals surface area contributed by atoms with E-state index in [1.165, 1.54) is 0 Å². The first-order chi connectivity index (χ1) is 7.03. The van der Waals surface area contributed by atoms with Gasteiger partial charge in [0.15, 0.2) is 9.84 Å². The minimum absolute atomic E-state index is 0.0496. The third-order valence-electron chi connectivity index (χ3n) is 2.26. The molecular weight excluding hydrogens is 216 g/mol. The fraction of sp³-hybridized carbons (Fsp3) is 0.889. The van der Waals surface area contributed by atoms with E-state index in [4.69, 9.17) is 0 Å². The van der Waals surface area contributed by atoms with Crippen LogP contribution < -0.4 is 10.6 Å². The molecule has 2 N–H and O–H groups in total. The van der Waals surface area contributed by atoms with E-state index >= 15 is 0 Å². The van der Waals surface area contributed by atoms with Gasteiger partial charge in [-0.2, -0.15) is 0 Å². The fourth-order valence-electron chi connectivity index (χ4n) is 1.08. The second-order valence-electron chi connectivity index (χ2n) is 3.75. The molecule has 5 nitrogen and oxygen atoms in total. The van der Waals surface area contributed by atoms with E-state index < -0.39 is 9.84 Å². The normalized spacial score (nSPS) is 16.3. The van der Waals surface area contributed by atoms with E-state index in [-0.39, 0.29) is 24.0 Å². The molecule has 0 atom stereocenters. The Labute approximate surface area is 90.5 Å². The summed E-state index contributed by atoms with van der Waals surface area (Å²) < 4.78 is 22.2. The molecule has 88 valence electrons. The molecule has 1 amide bonds. The van der Waals surface area contributed by atoms with Crippen LogP contribution in [0.2, 0.25) is 0 Å². The molecular formula is C9H18N2O3S. The van der Waals surface area contributed by atoms with Crippen LogP contribution in [0.15, 0.2) is 0 Å². The first kappa shape index (κ1) is 12.4. The zero-order chi connectivity index (χ0) is 11.3. The molecule has 0 aromatic heterocycles. The molecule has 0 aromatic carbocycles. The summed E-state index contributed by atoms with van der Waals surface area (Å²) in [6.45, 7) is 2.17. The van der Waals surface area contributed by atoms with Crippen molar-refractivity contribution < 1.29 is 13.2 Å². The number of carbonyl (C=O) groups excluding carboxylic acids is 1. The molecule has 0 saturated heterocycles. The molecule has 15 heavy (non-hydrogen) atoms. The Hall–Kier alpha value is -0.620. The molecule has 0 aliphatic heterocycles. The lowest BCUT2D eigenvalue weighted by molar-refractivity contribution is -0.120.